The van der Waals surface area contributed by atoms with E-state index in [0.717, 1.165) is 36.0 Å². The van der Waals surface area contributed by atoms with E-state index in [0.29, 0.717) is 42.5 Å². The zero-order valence-corrected chi connectivity index (χ0v) is 16.9. The number of carbonyl (C=O) groups is 1. The van der Waals surface area contributed by atoms with E-state index < -0.39 is 23.4 Å². The van der Waals surface area contributed by atoms with E-state index >= 15 is 0 Å². The van der Waals surface area contributed by atoms with Crippen molar-refractivity contribution in [3.8, 4) is 0 Å². The van der Waals surface area contributed by atoms with Gasteiger partial charge in [-0.3, -0.25) is 4.79 Å². The second-order valence-corrected chi connectivity index (χ2v) is 7.99. The van der Waals surface area contributed by atoms with Crippen LogP contribution in [0.1, 0.15) is 5.56 Å². The highest BCUT2D eigenvalue weighted by molar-refractivity contribution is 7.99. The number of carbonyl (C=O) groups excluding carboxylic acids is 1. The lowest BCUT2D eigenvalue weighted by molar-refractivity contribution is -0.137. The van der Waals surface area contributed by atoms with E-state index in [2.05, 4.69) is 9.97 Å². The van der Waals surface area contributed by atoms with Gasteiger partial charge in [-0.25, -0.2) is 13.8 Å². The van der Waals surface area contributed by atoms with Crippen LogP contribution in [0.15, 0.2) is 41.6 Å². The molecule has 0 saturated carbocycles. The molecule has 2 heterocycles. The van der Waals surface area contributed by atoms with Crippen molar-refractivity contribution >= 4 is 34.4 Å². The van der Waals surface area contributed by atoms with Crippen molar-refractivity contribution in [2.75, 3.05) is 36.8 Å². The topological polar surface area (TPSA) is 52.2 Å². The summed E-state index contributed by atoms with van der Waals surface area (Å²) in [4.78, 5) is 22.9. The number of fused-ring (bicyclic) bond motifs is 1. The fourth-order valence-corrected chi connectivity index (χ4v) is 4.15. The van der Waals surface area contributed by atoms with Gasteiger partial charge >= 0.3 is 6.18 Å². The van der Waals surface area contributed by atoms with Crippen LogP contribution >= 0.6 is 11.8 Å². The largest absolute Gasteiger partial charge is 0.416 e. The minimum Gasteiger partial charge on any atom is -0.368 e. The summed E-state index contributed by atoms with van der Waals surface area (Å²) in [5, 5.41) is 0.371. The van der Waals surface area contributed by atoms with Crippen molar-refractivity contribution in [2.24, 2.45) is 0 Å². The predicted octanol–water partition coefficient (Wildman–Crippen LogP) is 4.30. The van der Waals surface area contributed by atoms with Gasteiger partial charge in [-0.2, -0.15) is 13.2 Å². The fraction of sp³-hybridized carbons (Fsp3) is 0.300. The molecule has 3 aromatic rings. The van der Waals surface area contributed by atoms with Gasteiger partial charge in [0.15, 0.2) is 16.8 Å². The van der Waals surface area contributed by atoms with Crippen LogP contribution in [0.4, 0.5) is 27.6 Å². The van der Waals surface area contributed by atoms with Gasteiger partial charge in [-0.15, -0.1) is 0 Å². The SMILES string of the molecule is O=C(CSc1nc2cc(F)c(F)cc2[nH]1)N1CCN(c2cccc(C(F)(F)F)c2)CC1. The average Bonchev–Trinajstić information content (AvgIpc) is 3.13. The first kappa shape index (κ1) is 21.4. The Morgan fingerprint density at radius 1 is 1.06 bits per heavy atom. The number of anilines is 1. The Balaban J connectivity index is 1.32. The number of nitrogens with zero attached hydrogens (tertiary/aromatic N) is 3. The molecule has 0 radical (unpaired) electrons. The summed E-state index contributed by atoms with van der Waals surface area (Å²) in [5.41, 5.74) is 0.371. The Hall–Kier alpha value is -2.82. The van der Waals surface area contributed by atoms with Gasteiger partial charge in [0.25, 0.3) is 0 Å². The Bertz CT molecular complexity index is 1070. The molecule has 31 heavy (non-hydrogen) atoms. The van der Waals surface area contributed by atoms with Crippen LogP contribution in [0.2, 0.25) is 0 Å². The number of halogens is 5. The third-order valence-corrected chi connectivity index (χ3v) is 5.86. The zero-order chi connectivity index (χ0) is 22.2. The van der Waals surface area contributed by atoms with E-state index in [1.807, 2.05) is 4.90 Å². The molecule has 1 amide bonds. The minimum atomic E-state index is -4.40. The van der Waals surface area contributed by atoms with Crippen molar-refractivity contribution in [1.82, 2.24) is 14.9 Å². The normalized spacial score (nSPS) is 15.0. The summed E-state index contributed by atoms with van der Waals surface area (Å²) >= 11 is 1.12. The summed E-state index contributed by atoms with van der Waals surface area (Å²) in [6, 6.07) is 7.13. The van der Waals surface area contributed by atoms with Gasteiger partial charge in [-0.1, -0.05) is 17.8 Å². The number of hydrogen-bond donors (Lipinski definition) is 1. The van der Waals surface area contributed by atoms with Crippen molar-refractivity contribution < 1.29 is 26.7 Å². The Labute approximate surface area is 178 Å². The standard InChI is InChI=1S/C20H17F5N4OS/c21-14-9-16-17(10-15(14)22)27-19(26-16)31-11-18(30)29-6-4-28(5-7-29)13-3-1-2-12(8-13)20(23,24)25/h1-3,8-10H,4-7,11H2,(H,26,27). The van der Waals surface area contributed by atoms with Crippen LogP contribution in [-0.4, -0.2) is 52.7 Å². The molecule has 164 valence electrons. The van der Waals surface area contributed by atoms with Gasteiger partial charge in [0.1, 0.15) is 0 Å². The minimum absolute atomic E-state index is 0.0777. The molecule has 0 spiro atoms. The van der Waals surface area contributed by atoms with Crippen LogP contribution in [-0.2, 0) is 11.0 Å². The highest BCUT2D eigenvalue weighted by Gasteiger charge is 2.31. The lowest BCUT2D eigenvalue weighted by Crippen LogP contribution is -2.49. The number of hydrogen-bond acceptors (Lipinski definition) is 4. The quantitative estimate of drug-likeness (QED) is 0.470. The van der Waals surface area contributed by atoms with Crippen LogP contribution in [0.25, 0.3) is 11.0 Å². The lowest BCUT2D eigenvalue weighted by atomic mass is 10.1. The Morgan fingerprint density at radius 2 is 1.77 bits per heavy atom. The van der Waals surface area contributed by atoms with Gasteiger partial charge in [0, 0.05) is 44.0 Å². The van der Waals surface area contributed by atoms with Crippen LogP contribution in [0, 0.1) is 11.6 Å². The van der Waals surface area contributed by atoms with Crippen LogP contribution < -0.4 is 4.90 Å². The molecular formula is C20H17F5N4OS. The number of imidazole rings is 1. The molecule has 2 aromatic carbocycles. The summed E-state index contributed by atoms with van der Waals surface area (Å²) in [6.45, 7) is 1.60. The third-order valence-electron chi connectivity index (χ3n) is 5.01. The molecule has 0 unspecified atom stereocenters. The molecule has 0 bridgehead atoms. The number of thioether (sulfide) groups is 1. The first-order valence-electron chi connectivity index (χ1n) is 9.38. The molecule has 11 heteroatoms. The summed E-state index contributed by atoms with van der Waals surface area (Å²) in [5.74, 6) is -2.05. The molecule has 1 aliphatic heterocycles. The molecular weight excluding hydrogens is 439 g/mol. The van der Waals surface area contributed by atoms with E-state index in [4.69, 9.17) is 0 Å². The summed E-state index contributed by atoms with van der Waals surface area (Å²) < 4.78 is 65.3. The first-order chi connectivity index (χ1) is 14.7. The smallest absolute Gasteiger partial charge is 0.368 e. The molecule has 1 fully saturated rings. The van der Waals surface area contributed by atoms with E-state index in [9.17, 15) is 26.7 Å². The maximum Gasteiger partial charge on any atom is 0.416 e. The van der Waals surface area contributed by atoms with E-state index in [1.54, 1.807) is 11.0 Å². The molecule has 1 aromatic heterocycles. The molecule has 1 N–H and O–H groups in total. The van der Waals surface area contributed by atoms with Gasteiger partial charge in [0.05, 0.1) is 22.3 Å². The highest BCUT2D eigenvalue weighted by Crippen LogP contribution is 2.32. The number of piperazine rings is 1. The van der Waals surface area contributed by atoms with Crippen molar-refractivity contribution in [1.29, 1.82) is 0 Å². The van der Waals surface area contributed by atoms with Gasteiger partial charge in [0.2, 0.25) is 5.91 Å². The lowest BCUT2D eigenvalue weighted by Gasteiger charge is -2.36. The van der Waals surface area contributed by atoms with Gasteiger partial charge < -0.3 is 14.8 Å². The van der Waals surface area contributed by atoms with Crippen LogP contribution in [0.5, 0.6) is 0 Å². The third kappa shape index (κ3) is 4.76. The fourth-order valence-electron chi connectivity index (χ4n) is 3.36. The molecule has 1 aliphatic rings. The highest BCUT2D eigenvalue weighted by atomic mass is 32.2. The second-order valence-electron chi connectivity index (χ2n) is 7.03. The number of amides is 1. The number of alkyl halides is 3. The molecule has 0 aliphatic carbocycles. The van der Waals surface area contributed by atoms with E-state index in [-0.39, 0.29) is 17.2 Å². The Kier molecular flexibility index (Phi) is 5.78. The average molecular weight is 456 g/mol. The van der Waals surface area contributed by atoms with Crippen molar-refractivity contribution in [2.45, 2.75) is 11.3 Å². The van der Waals surface area contributed by atoms with E-state index in [1.165, 1.54) is 6.07 Å². The second kappa shape index (κ2) is 8.37. The zero-order valence-electron chi connectivity index (χ0n) is 16.0. The number of aromatic amines is 1. The van der Waals surface area contributed by atoms with Crippen molar-refractivity contribution in [3.05, 3.63) is 53.6 Å². The number of H-pyrrole nitrogens is 1. The number of aromatic nitrogens is 2. The molecule has 0 atom stereocenters. The maximum absolute atomic E-state index is 13.3. The number of rotatable bonds is 4. The van der Waals surface area contributed by atoms with Crippen LogP contribution in [0.3, 0.4) is 0 Å². The molecule has 4 rings (SSSR count). The number of nitrogens with one attached hydrogen (secondary N) is 1. The summed E-state index contributed by atoms with van der Waals surface area (Å²) in [7, 11) is 0. The van der Waals surface area contributed by atoms with Gasteiger partial charge in [-0.05, 0) is 18.2 Å². The Morgan fingerprint density at radius 3 is 2.48 bits per heavy atom. The van der Waals surface area contributed by atoms with Crippen molar-refractivity contribution in [3.63, 3.8) is 0 Å². The monoisotopic (exact) mass is 456 g/mol. The molecule has 5 nitrogen and oxygen atoms in total. The number of benzene rings is 2. The molecule has 1 saturated heterocycles. The summed E-state index contributed by atoms with van der Waals surface area (Å²) in [6.07, 6.45) is -4.40. The first-order valence-corrected chi connectivity index (χ1v) is 10.4. The predicted molar refractivity (Wildman–Crippen MR) is 107 cm³/mol. The maximum atomic E-state index is 13.3.